The second-order valence-electron chi connectivity index (χ2n) is 4.91. The molecule has 2 aromatic rings. The molecule has 7 heteroatoms. The van der Waals surface area contributed by atoms with Crippen LogP contribution in [-0.2, 0) is 23.1 Å². The van der Waals surface area contributed by atoms with Gasteiger partial charge in [0.15, 0.2) is 0 Å². The topological polar surface area (TPSA) is 56.5 Å². The van der Waals surface area contributed by atoms with Crippen molar-refractivity contribution in [1.29, 1.82) is 0 Å². The van der Waals surface area contributed by atoms with Gasteiger partial charge in [0.2, 0.25) is 19.0 Å². The van der Waals surface area contributed by atoms with E-state index < -0.39 is 0 Å². The molecule has 3 rings (SSSR count). The first-order valence-corrected chi connectivity index (χ1v) is 6.81. The lowest BCUT2D eigenvalue weighted by Gasteiger charge is -2.24. The minimum absolute atomic E-state index is 0. The summed E-state index contributed by atoms with van der Waals surface area (Å²) in [6.07, 6.45) is 7.71. The molecule has 0 bridgehead atoms. The quantitative estimate of drug-likeness (QED) is 0.522. The number of imidazole rings is 1. The van der Waals surface area contributed by atoms with Gasteiger partial charge in [-0.2, -0.15) is 0 Å². The average Bonchev–Trinajstić information content (AvgIpc) is 3.13. The summed E-state index contributed by atoms with van der Waals surface area (Å²) in [6, 6.07) is 7.75. The lowest BCUT2D eigenvalue weighted by Crippen LogP contribution is -3.00. The van der Waals surface area contributed by atoms with Crippen LogP contribution in [0.5, 0.6) is 0 Å². The molecule has 0 aliphatic carbocycles. The van der Waals surface area contributed by atoms with Crippen molar-refractivity contribution in [3.63, 3.8) is 0 Å². The Morgan fingerprint density at radius 3 is 2.82 bits per heavy atom. The van der Waals surface area contributed by atoms with Gasteiger partial charge in [-0.05, 0) is 12.1 Å². The normalized spacial score (nSPS) is 12.9. The molecule has 0 amide bonds. The van der Waals surface area contributed by atoms with Crippen molar-refractivity contribution < 1.29 is 26.4 Å². The Balaban J connectivity index is 0.00000176. The molecule has 2 heterocycles. The van der Waals surface area contributed by atoms with Crippen LogP contribution in [0.4, 0.5) is 11.4 Å². The van der Waals surface area contributed by atoms with E-state index in [1.807, 2.05) is 59.5 Å². The Hall–Kier alpha value is -2.34. The second kappa shape index (κ2) is 7.09. The maximum absolute atomic E-state index is 6.09. The molecule has 6 nitrogen and oxygen atoms in total. The maximum atomic E-state index is 6.09. The Morgan fingerprint density at radius 2 is 2.18 bits per heavy atom. The third-order valence-corrected chi connectivity index (χ3v) is 3.36. The Morgan fingerprint density at radius 1 is 1.36 bits per heavy atom. The molecule has 1 aromatic heterocycles. The number of hydrogen-bond acceptors (Lipinski definition) is 4. The fourth-order valence-electron chi connectivity index (χ4n) is 2.31. The van der Waals surface area contributed by atoms with Crippen molar-refractivity contribution in [1.82, 2.24) is 4.57 Å². The van der Waals surface area contributed by atoms with Crippen LogP contribution in [0.3, 0.4) is 0 Å². The molecule has 2 N–H and O–H groups in total. The maximum Gasteiger partial charge on any atom is 0.243 e. The van der Waals surface area contributed by atoms with Crippen molar-refractivity contribution in [2.45, 2.75) is 6.54 Å². The Bertz CT molecular complexity index is 656. The molecule has 1 aliphatic heterocycles. The van der Waals surface area contributed by atoms with Crippen molar-refractivity contribution >= 4 is 11.4 Å². The Kier molecular flexibility index (Phi) is 5.16. The summed E-state index contributed by atoms with van der Waals surface area (Å²) in [6.45, 7) is 1.80. The molecule has 118 valence electrons. The van der Waals surface area contributed by atoms with Gasteiger partial charge >= 0.3 is 0 Å². The standard InChI is InChI=1S/C15H19N4O2.ClH/c1-17-6-7-18(11-17)8-9-19(15-10-20-12-21-15)14-5-3-2-4-13(14)16;/h2-7,10-11H,8-9,12,16H2,1H3;1H/q+1;/p-1. The zero-order chi connectivity index (χ0) is 14.7. The number of nitrogen functional groups attached to an aromatic ring is 1. The molecule has 0 spiro atoms. The van der Waals surface area contributed by atoms with Gasteiger partial charge < -0.3 is 32.5 Å². The van der Waals surface area contributed by atoms with Gasteiger partial charge in [-0.3, -0.25) is 0 Å². The van der Waals surface area contributed by atoms with Crippen LogP contribution in [0, 0.1) is 0 Å². The molecule has 22 heavy (non-hydrogen) atoms. The fraction of sp³-hybridized carbons (Fsp3) is 0.267. The van der Waals surface area contributed by atoms with Gasteiger partial charge in [0.05, 0.1) is 25.0 Å². The number of aryl methyl sites for hydroxylation is 1. The van der Waals surface area contributed by atoms with Crippen LogP contribution in [-0.4, -0.2) is 17.9 Å². The van der Waals surface area contributed by atoms with Crippen LogP contribution in [0.2, 0.25) is 0 Å². The fourth-order valence-corrected chi connectivity index (χ4v) is 2.31. The highest BCUT2D eigenvalue weighted by Gasteiger charge is 2.20. The smallest absolute Gasteiger partial charge is 0.243 e. The molecular formula is C15H19ClN4O2. The molecule has 0 atom stereocenters. The van der Waals surface area contributed by atoms with E-state index in [4.69, 9.17) is 15.2 Å². The van der Waals surface area contributed by atoms with E-state index in [-0.39, 0.29) is 19.2 Å². The van der Waals surface area contributed by atoms with E-state index in [9.17, 15) is 0 Å². The van der Waals surface area contributed by atoms with Gasteiger partial charge in [-0.1, -0.05) is 12.1 Å². The zero-order valence-electron chi connectivity index (χ0n) is 12.4. The largest absolute Gasteiger partial charge is 1.00 e. The molecule has 0 fully saturated rings. The van der Waals surface area contributed by atoms with Crippen LogP contribution in [0.15, 0.2) is 55.1 Å². The second-order valence-corrected chi connectivity index (χ2v) is 4.91. The van der Waals surface area contributed by atoms with Gasteiger partial charge in [0, 0.05) is 0 Å². The third-order valence-electron chi connectivity index (χ3n) is 3.36. The SMILES string of the molecule is C[n+]1ccn(CCN(C2=COCO2)c2ccccc2N)c1.[Cl-]. The van der Waals surface area contributed by atoms with Crippen LogP contribution < -0.4 is 27.6 Å². The van der Waals surface area contributed by atoms with Gasteiger partial charge in [0.25, 0.3) is 0 Å². The lowest BCUT2D eigenvalue weighted by molar-refractivity contribution is -0.671. The van der Waals surface area contributed by atoms with Crippen LogP contribution in [0.1, 0.15) is 0 Å². The number of nitrogens with zero attached hydrogens (tertiary/aromatic N) is 3. The predicted octanol–water partition coefficient (Wildman–Crippen LogP) is -1.79. The summed E-state index contributed by atoms with van der Waals surface area (Å²) in [5, 5.41) is 0. The van der Waals surface area contributed by atoms with Gasteiger partial charge in [-0.25, -0.2) is 9.13 Å². The first-order chi connectivity index (χ1) is 10.2. The first kappa shape index (κ1) is 16.0. The third kappa shape index (κ3) is 3.46. The van der Waals surface area contributed by atoms with Crippen LogP contribution >= 0.6 is 0 Å². The molecule has 1 aliphatic rings. The molecule has 0 unspecified atom stereocenters. The van der Waals surface area contributed by atoms with Crippen molar-refractivity contribution in [2.75, 3.05) is 24.0 Å². The highest BCUT2D eigenvalue weighted by molar-refractivity contribution is 5.69. The summed E-state index contributed by atoms with van der Waals surface area (Å²) in [4.78, 5) is 2.03. The summed E-state index contributed by atoms with van der Waals surface area (Å²) in [5.74, 6) is 0.685. The number of rotatable bonds is 5. The van der Waals surface area contributed by atoms with E-state index in [1.54, 1.807) is 6.26 Å². The predicted molar refractivity (Wildman–Crippen MR) is 78.9 cm³/mol. The van der Waals surface area contributed by atoms with E-state index in [2.05, 4.69) is 4.57 Å². The number of benzene rings is 1. The van der Waals surface area contributed by atoms with Crippen molar-refractivity contribution in [3.8, 4) is 0 Å². The highest BCUT2D eigenvalue weighted by Crippen LogP contribution is 2.27. The number of aromatic nitrogens is 2. The van der Waals surface area contributed by atoms with Gasteiger partial charge in [-0.15, -0.1) is 0 Å². The summed E-state index contributed by atoms with van der Waals surface area (Å²) >= 11 is 0. The molecule has 0 saturated heterocycles. The Labute approximate surface area is 135 Å². The number of halogens is 1. The molecular weight excluding hydrogens is 304 g/mol. The highest BCUT2D eigenvalue weighted by atomic mass is 35.5. The van der Waals surface area contributed by atoms with Gasteiger partial charge in [0.1, 0.15) is 25.2 Å². The number of ether oxygens (including phenoxy) is 2. The number of anilines is 2. The molecule has 1 aromatic carbocycles. The summed E-state index contributed by atoms with van der Waals surface area (Å²) in [5.41, 5.74) is 7.72. The van der Waals surface area contributed by atoms with Crippen molar-refractivity contribution in [3.05, 3.63) is 55.1 Å². The van der Waals surface area contributed by atoms with E-state index in [1.165, 1.54) is 0 Å². The minimum atomic E-state index is 0. The van der Waals surface area contributed by atoms with Crippen molar-refractivity contribution in [2.24, 2.45) is 7.05 Å². The summed E-state index contributed by atoms with van der Waals surface area (Å²) < 4.78 is 14.8. The van der Waals surface area contributed by atoms with Crippen LogP contribution in [0.25, 0.3) is 0 Å². The molecule has 0 saturated carbocycles. The molecule has 0 radical (unpaired) electrons. The number of nitrogens with two attached hydrogens (primary N) is 1. The lowest BCUT2D eigenvalue weighted by atomic mass is 10.2. The summed E-state index contributed by atoms with van der Waals surface area (Å²) in [7, 11) is 2.00. The van der Waals surface area contributed by atoms with E-state index in [0.717, 1.165) is 18.8 Å². The number of hydrogen-bond donors (Lipinski definition) is 1. The monoisotopic (exact) mass is 322 g/mol. The first-order valence-electron chi connectivity index (χ1n) is 6.81. The zero-order valence-corrected chi connectivity index (χ0v) is 13.1. The number of para-hydroxylation sites is 2. The van der Waals surface area contributed by atoms with E-state index >= 15 is 0 Å². The average molecular weight is 323 g/mol. The van der Waals surface area contributed by atoms with E-state index in [0.29, 0.717) is 11.6 Å². The minimum Gasteiger partial charge on any atom is -1.00 e.